The highest BCUT2D eigenvalue weighted by Crippen LogP contribution is 2.27. The molecule has 0 saturated carbocycles. The molecule has 0 aliphatic carbocycles. The van der Waals surface area contributed by atoms with E-state index in [-0.39, 0.29) is 11.6 Å². The number of nitrogens with zero attached hydrogens (tertiary/aromatic N) is 1. The van der Waals surface area contributed by atoms with Gasteiger partial charge in [0.1, 0.15) is 5.75 Å². The number of ether oxygens (including phenoxy) is 1. The van der Waals surface area contributed by atoms with E-state index in [9.17, 15) is 14.9 Å². The lowest BCUT2D eigenvalue weighted by atomic mass is 10.1. The molecule has 1 N–H and O–H groups in total. The topological polar surface area (TPSA) is 81.5 Å². The average molecular weight is 342 g/mol. The van der Waals surface area contributed by atoms with Crippen molar-refractivity contribution in [1.29, 1.82) is 0 Å². The molecule has 6 nitrogen and oxygen atoms in total. The number of amides is 1. The first kappa shape index (κ1) is 18.4. The van der Waals surface area contributed by atoms with E-state index >= 15 is 0 Å². The fourth-order valence-electron chi connectivity index (χ4n) is 2.56. The third-order valence-electron chi connectivity index (χ3n) is 4.20. The first-order valence-electron chi connectivity index (χ1n) is 8.00. The Morgan fingerprint density at radius 2 is 1.84 bits per heavy atom. The Labute approximate surface area is 147 Å². The molecule has 0 aliphatic rings. The van der Waals surface area contributed by atoms with Crippen molar-refractivity contribution < 1.29 is 14.5 Å². The van der Waals surface area contributed by atoms with E-state index in [1.165, 1.54) is 6.07 Å². The summed E-state index contributed by atoms with van der Waals surface area (Å²) in [6.07, 6.45) is -0.737. The van der Waals surface area contributed by atoms with E-state index in [0.29, 0.717) is 17.0 Å². The highest BCUT2D eigenvalue weighted by Gasteiger charge is 2.20. The number of nitro groups is 1. The number of anilines is 1. The van der Waals surface area contributed by atoms with Gasteiger partial charge in [0.15, 0.2) is 6.10 Å². The van der Waals surface area contributed by atoms with Crippen LogP contribution in [0, 0.1) is 37.8 Å². The molecule has 0 aliphatic heterocycles. The number of rotatable bonds is 5. The van der Waals surface area contributed by atoms with Crippen molar-refractivity contribution in [3.63, 3.8) is 0 Å². The van der Waals surface area contributed by atoms with Crippen molar-refractivity contribution >= 4 is 17.3 Å². The van der Waals surface area contributed by atoms with Crippen LogP contribution >= 0.6 is 0 Å². The van der Waals surface area contributed by atoms with Gasteiger partial charge in [0.05, 0.1) is 16.2 Å². The Bertz CT molecular complexity index is 830. The second-order valence-corrected chi connectivity index (χ2v) is 6.16. The second kappa shape index (κ2) is 7.34. The molecule has 0 bridgehead atoms. The molecular formula is C19H22N2O4. The molecule has 0 heterocycles. The summed E-state index contributed by atoms with van der Waals surface area (Å²) in [5.41, 5.74) is 3.92. The standard InChI is InChI=1S/C19H22N2O4/c1-11-9-12(2)13(3)18(10-11)25-15(5)19(22)20-16-7-6-8-17(14(16)4)21(23)24/h6-10,15H,1-5H3,(H,20,22)/t15-/m0/s1. The van der Waals surface area contributed by atoms with Crippen LogP contribution in [0.3, 0.4) is 0 Å². The molecular weight excluding hydrogens is 320 g/mol. The van der Waals surface area contributed by atoms with Gasteiger partial charge in [0.2, 0.25) is 0 Å². The molecule has 0 fully saturated rings. The number of hydrogen-bond acceptors (Lipinski definition) is 4. The van der Waals surface area contributed by atoms with Crippen LogP contribution in [0.25, 0.3) is 0 Å². The number of benzene rings is 2. The SMILES string of the molecule is Cc1cc(C)c(C)c(O[C@@H](C)C(=O)Nc2cccc([N+](=O)[O-])c2C)c1. The number of nitro benzene ring substituents is 1. The van der Waals surface area contributed by atoms with Crippen LogP contribution < -0.4 is 10.1 Å². The maximum atomic E-state index is 12.4. The molecule has 0 saturated heterocycles. The lowest BCUT2D eigenvalue weighted by molar-refractivity contribution is -0.385. The van der Waals surface area contributed by atoms with Crippen molar-refractivity contribution in [3.8, 4) is 5.75 Å². The molecule has 2 rings (SSSR count). The third-order valence-corrected chi connectivity index (χ3v) is 4.20. The van der Waals surface area contributed by atoms with Crippen molar-refractivity contribution in [1.82, 2.24) is 0 Å². The van der Waals surface area contributed by atoms with Gasteiger partial charge in [-0.2, -0.15) is 0 Å². The zero-order valence-electron chi connectivity index (χ0n) is 15.0. The van der Waals surface area contributed by atoms with Gasteiger partial charge < -0.3 is 10.1 Å². The van der Waals surface area contributed by atoms with Crippen molar-refractivity contribution in [2.75, 3.05) is 5.32 Å². The predicted molar refractivity (Wildman–Crippen MR) is 97.2 cm³/mol. The van der Waals surface area contributed by atoms with Gasteiger partial charge in [0, 0.05) is 6.07 Å². The van der Waals surface area contributed by atoms with Crippen LogP contribution in [0.1, 0.15) is 29.2 Å². The van der Waals surface area contributed by atoms with Crippen LogP contribution in [-0.4, -0.2) is 16.9 Å². The minimum absolute atomic E-state index is 0.0310. The fourth-order valence-corrected chi connectivity index (χ4v) is 2.56. The largest absolute Gasteiger partial charge is 0.481 e. The van der Waals surface area contributed by atoms with E-state index in [1.54, 1.807) is 26.0 Å². The minimum atomic E-state index is -0.737. The molecule has 1 amide bonds. The number of nitrogens with one attached hydrogen (secondary N) is 1. The first-order valence-corrected chi connectivity index (χ1v) is 8.00. The lowest BCUT2D eigenvalue weighted by Crippen LogP contribution is -2.30. The quantitative estimate of drug-likeness (QED) is 0.651. The summed E-state index contributed by atoms with van der Waals surface area (Å²) in [6.45, 7) is 9.16. The average Bonchev–Trinajstić information content (AvgIpc) is 2.53. The zero-order chi connectivity index (χ0) is 18.7. The van der Waals surface area contributed by atoms with Gasteiger partial charge in [-0.25, -0.2) is 0 Å². The van der Waals surface area contributed by atoms with E-state index in [1.807, 2.05) is 26.8 Å². The highest BCUT2D eigenvalue weighted by atomic mass is 16.6. The third kappa shape index (κ3) is 4.15. The lowest BCUT2D eigenvalue weighted by Gasteiger charge is -2.18. The smallest absolute Gasteiger partial charge is 0.274 e. The molecule has 2 aromatic rings. The van der Waals surface area contributed by atoms with Gasteiger partial charge in [0.25, 0.3) is 11.6 Å². The number of aryl methyl sites for hydroxylation is 2. The van der Waals surface area contributed by atoms with Gasteiger partial charge in [-0.1, -0.05) is 12.1 Å². The van der Waals surface area contributed by atoms with Crippen LogP contribution in [0.2, 0.25) is 0 Å². The summed E-state index contributed by atoms with van der Waals surface area (Å²) in [6, 6.07) is 8.53. The summed E-state index contributed by atoms with van der Waals surface area (Å²) >= 11 is 0. The Balaban J connectivity index is 2.17. The summed E-state index contributed by atoms with van der Waals surface area (Å²) < 4.78 is 5.81. The second-order valence-electron chi connectivity index (χ2n) is 6.16. The Kier molecular flexibility index (Phi) is 5.41. The molecule has 132 valence electrons. The van der Waals surface area contributed by atoms with E-state index < -0.39 is 11.0 Å². The molecule has 0 spiro atoms. The van der Waals surface area contributed by atoms with Crippen LogP contribution in [0.5, 0.6) is 5.75 Å². The molecule has 0 aromatic heterocycles. The van der Waals surface area contributed by atoms with Crippen LogP contribution in [0.15, 0.2) is 30.3 Å². The summed E-state index contributed by atoms with van der Waals surface area (Å²) in [7, 11) is 0. The van der Waals surface area contributed by atoms with E-state index in [0.717, 1.165) is 16.7 Å². The van der Waals surface area contributed by atoms with Gasteiger partial charge in [-0.05, 0) is 63.4 Å². The van der Waals surface area contributed by atoms with Gasteiger partial charge in [-0.3, -0.25) is 14.9 Å². The molecule has 25 heavy (non-hydrogen) atoms. The summed E-state index contributed by atoms with van der Waals surface area (Å²) in [5, 5.41) is 13.7. The maximum Gasteiger partial charge on any atom is 0.274 e. The fraction of sp³-hybridized carbons (Fsp3) is 0.316. The molecule has 2 aromatic carbocycles. The monoisotopic (exact) mass is 342 g/mol. The minimum Gasteiger partial charge on any atom is -0.481 e. The summed E-state index contributed by atoms with van der Waals surface area (Å²) in [5.74, 6) is 0.304. The van der Waals surface area contributed by atoms with E-state index in [2.05, 4.69) is 11.4 Å². The van der Waals surface area contributed by atoms with Gasteiger partial charge >= 0.3 is 0 Å². The van der Waals surface area contributed by atoms with Gasteiger partial charge in [-0.15, -0.1) is 0 Å². The number of carbonyl (C=O) groups excluding carboxylic acids is 1. The van der Waals surface area contributed by atoms with Crippen LogP contribution in [-0.2, 0) is 4.79 Å². The molecule has 6 heteroatoms. The molecule has 0 unspecified atom stereocenters. The first-order chi connectivity index (χ1) is 11.7. The van der Waals surface area contributed by atoms with E-state index in [4.69, 9.17) is 4.74 Å². The molecule has 0 radical (unpaired) electrons. The maximum absolute atomic E-state index is 12.4. The van der Waals surface area contributed by atoms with Crippen molar-refractivity contribution in [3.05, 3.63) is 62.7 Å². The predicted octanol–water partition coefficient (Wildman–Crippen LogP) is 4.23. The normalized spacial score (nSPS) is 11.7. The van der Waals surface area contributed by atoms with Crippen LogP contribution in [0.4, 0.5) is 11.4 Å². The highest BCUT2D eigenvalue weighted by molar-refractivity contribution is 5.95. The van der Waals surface area contributed by atoms with Crippen molar-refractivity contribution in [2.45, 2.75) is 40.7 Å². The Hall–Kier alpha value is -2.89. The van der Waals surface area contributed by atoms with Crippen molar-refractivity contribution in [2.24, 2.45) is 0 Å². The number of carbonyl (C=O) groups is 1. The number of hydrogen-bond donors (Lipinski definition) is 1. The zero-order valence-corrected chi connectivity index (χ0v) is 15.0. The molecule has 1 atom stereocenters. The Morgan fingerprint density at radius 1 is 1.16 bits per heavy atom. The Morgan fingerprint density at radius 3 is 2.48 bits per heavy atom. The summed E-state index contributed by atoms with van der Waals surface area (Å²) in [4.78, 5) is 23.0.